The fourth-order valence-electron chi connectivity index (χ4n) is 1.19. The Morgan fingerprint density at radius 2 is 2.31 bits per heavy atom. The van der Waals surface area contributed by atoms with Gasteiger partial charge in [-0.15, -0.1) is 0 Å². The Kier molecular flexibility index (Phi) is 3.27. The molecular weight excluding hydrogens is 236 g/mol. The molecule has 2 atom stereocenters. The first kappa shape index (κ1) is 10.5. The molecule has 2 unspecified atom stereocenters. The minimum Gasteiger partial charge on any atom is -0.497 e. The van der Waals surface area contributed by atoms with Crippen LogP contribution in [-0.2, 0) is 14.3 Å². The summed E-state index contributed by atoms with van der Waals surface area (Å²) in [6, 6.07) is 0. The third-order valence-corrected chi connectivity index (χ3v) is 3.14. The van der Waals surface area contributed by atoms with Gasteiger partial charge in [-0.3, -0.25) is 4.79 Å². The number of alkyl halides is 1. The zero-order valence-corrected chi connectivity index (χ0v) is 9.00. The molecule has 71 valence electrons. The summed E-state index contributed by atoms with van der Waals surface area (Å²) in [4.78, 5) is 10.6. The lowest BCUT2D eigenvalue weighted by molar-refractivity contribution is 0.0425. The first-order valence-electron chi connectivity index (χ1n) is 3.73. The van der Waals surface area contributed by atoms with E-state index in [9.17, 15) is 4.79 Å². The van der Waals surface area contributed by atoms with Crippen molar-refractivity contribution in [3.8, 4) is 0 Å². The van der Waals surface area contributed by atoms with Gasteiger partial charge < -0.3 is 9.47 Å². The molecule has 1 rings (SSSR count). The lowest BCUT2D eigenvalue weighted by Gasteiger charge is -2.32. The van der Waals surface area contributed by atoms with E-state index < -0.39 is 10.4 Å². The van der Waals surface area contributed by atoms with Crippen LogP contribution in [0.3, 0.4) is 0 Å². The summed E-state index contributed by atoms with van der Waals surface area (Å²) in [5.74, 6) is 0.0725. The summed E-state index contributed by atoms with van der Waals surface area (Å²) in [7, 11) is 3.03. The average molecular weight is 246 g/mol. The largest absolute Gasteiger partial charge is 0.497 e. The molecule has 0 N–H and O–H groups in total. The standard InChI is InChI=1S/C9H10BrO3/c1-12-8-5-3-4-7(6-11)9(8,10)13-2/h3-5,7H,1-2H3. The summed E-state index contributed by atoms with van der Waals surface area (Å²) in [6.07, 6.45) is 7.07. The van der Waals surface area contributed by atoms with Crippen molar-refractivity contribution in [2.75, 3.05) is 14.2 Å². The molecule has 0 spiro atoms. The molecule has 0 heterocycles. The van der Waals surface area contributed by atoms with E-state index in [1.54, 1.807) is 18.2 Å². The second-order valence-corrected chi connectivity index (χ2v) is 3.74. The number of allylic oxidation sites excluding steroid dienone is 2. The molecule has 0 aromatic heterocycles. The molecule has 4 heteroatoms. The van der Waals surface area contributed by atoms with Crippen molar-refractivity contribution in [1.29, 1.82) is 0 Å². The van der Waals surface area contributed by atoms with Crippen LogP contribution >= 0.6 is 15.9 Å². The summed E-state index contributed by atoms with van der Waals surface area (Å²) in [5, 5.41) is 0. The van der Waals surface area contributed by atoms with Gasteiger partial charge in [-0.2, -0.15) is 0 Å². The fourth-order valence-corrected chi connectivity index (χ4v) is 1.73. The van der Waals surface area contributed by atoms with Gasteiger partial charge >= 0.3 is 0 Å². The lowest BCUT2D eigenvalue weighted by atomic mass is 9.97. The highest BCUT2D eigenvalue weighted by Gasteiger charge is 2.42. The summed E-state index contributed by atoms with van der Waals surface area (Å²) in [6.45, 7) is 0. The number of hydrogen-bond acceptors (Lipinski definition) is 3. The molecular formula is C9H10BrO3. The van der Waals surface area contributed by atoms with Gasteiger partial charge in [0.05, 0.1) is 13.0 Å². The molecule has 0 fully saturated rings. The SMILES string of the molecule is COC1=CC=CC([C]=O)C1(Br)OC. The van der Waals surface area contributed by atoms with Crippen molar-refractivity contribution in [3.63, 3.8) is 0 Å². The van der Waals surface area contributed by atoms with Crippen molar-refractivity contribution in [2.45, 2.75) is 4.51 Å². The molecule has 0 aromatic carbocycles. The molecule has 0 saturated carbocycles. The van der Waals surface area contributed by atoms with Crippen LogP contribution in [0.25, 0.3) is 0 Å². The number of carbonyl (C=O) groups excluding carboxylic acids is 1. The molecule has 0 bridgehead atoms. The highest BCUT2D eigenvalue weighted by Crippen LogP contribution is 2.38. The van der Waals surface area contributed by atoms with Crippen LogP contribution in [0.5, 0.6) is 0 Å². The Hall–Kier alpha value is -0.610. The fraction of sp³-hybridized carbons (Fsp3) is 0.444. The van der Waals surface area contributed by atoms with Crippen molar-refractivity contribution >= 4 is 22.2 Å². The molecule has 1 radical (unpaired) electrons. The third kappa shape index (κ3) is 1.69. The maximum atomic E-state index is 10.6. The quantitative estimate of drug-likeness (QED) is 0.709. The highest BCUT2D eigenvalue weighted by molar-refractivity contribution is 9.10. The minimum absolute atomic E-state index is 0.488. The minimum atomic E-state index is -0.905. The molecule has 0 saturated heterocycles. The maximum absolute atomic E-state index is 10.6. The van der Waals surface area contributed by atoms with E-state index in [0.717, 1.165) is 0 Å². The number of halogens is 1. The normalized spacial score (nSPS) is 32.5. The second-order valence-electron chi connectivity index (χ2n) is 2.56. The third-order valence-electron chi connectivity index (χ3n) is 1.93. The van der Waals surface area contributed by atoms with Crippen LogP contribution in [0.1, 0.15) is 0 Å². The van der Waals surface area contributed by atoms with Crippen LogP contribution in [0, 0.1) is 5.92 Å². The van der Waals surface area contributed by atoms with E-state index >= 15 is 0 Å². The highest BCUT2D eigenvalue weighted by atomic mass is 79.9. The van der Waals surface area contributed by atoms with Crippen molar-refractivity contribution < 1.29 is 14.3 Å². The zero-order valence-electron chi connectivity index (χ0n) is 7.41. The van der Waals surface area contributed by atoms with Crippen LogP contribution in [-0.4, -0.2) is 25.0 Å². The monoisotopic (exact) mass is 245 g/mol. The maximum Gasteiger partial charge on any atom is 0.210 e. The Labute approximate surface area is 85.5 Å². The van der Waals surface area contributed by atoms with Gasteiger partial charge in [-0.1, -0.05) is 12.2 Å². The van der Waals surface area contributed by atoms with Gasteiger partial charge in [0.25, 0.3) is 0 Å². The second kappa shape index (κ2) is 4.07. The molecule has 1 aliphatic rings. The van der Waals surface area contributed by atoms with Crippen LogP contribution < -0.4 is 0 Å². The van der Waals surface area contributed by atoms with E-state index in [1.807, 2.05) is 6.29 Å². The van der Waals surface area contributed by atoms with Gasteiger partial charge in [-0.05, 0) is 22.0 Å². The van der Waals surface area contributed by atoms with E-state index in [2.05, 4.69) is 15.9 Å². The number of ether oxygens (including phenoxy) is 2. The number of hydrogen-bond donors (Lipinski definition) is 0. The Balaban J connectivity index is 3.02. The molecule has 1 aliphatic carbocycles. The van der Waals surface area contributed by atoms with Crippen LogP contribution in [0.4, 0.5) is 0 Å². The first-order chi connectivity index (χ1) is 6.19. The van der Waals surface area contributed by atoms with E-state index in [0.29, 0.717) is 5.76 Å². The summed E-state index contributed by atoms with van der Waals surface area (Å²) in [5.41, 5.74) is 0. The number of methoxy groups -OCH3 is 2. The van der Waals surface area contributed by atoms with Crippen molar-refractivity contribution in [3.05, 3.63) is 24.0 Å². The molecule has 13 heavy (non-hydrogen) atoms. The lowest BCUT2D eigenvalue weighted by Crippen LogP contribution is -2.37. The van der Waals surface area contributed by atoms with E-state index in [1.165, 1.54) is 14.2 Å². The molecule has 0 aliphatic heterocycles. The van der Waals surface area contributed by atoms with Gasteiger partial charge in [0.15, 0.2) is 4.51 Å². The summed E-state index contributed by atoms with van der Waals surface area (Å²) < 4.78 is 9.38. The Morgan fingerprint density at radius 3 is 2.77 bits per heavy atom. The first-order valence-corrected chi connectivity index (χ1v) is 4.53. The van der Waals surface area contributed by atoms with Gasteiger partial charge in [0.1, 0.15) is 5.76 Å². The zero-order chi connectivity index (χ0) is 9.90. The summed E-state index contributed by atoms with van der Waals surface area (Å²) >= 11 is 3.32. The predicted molar refractivity (Wildman–Crippen MR) is 52.1 cm³/mol. The average Bonchev–Trinajstić information content (AvgIpc) is 2.18. The smallest absolute Gasteiger partial charge is 0.210 e. The van der Waals surface area contributed by atoms with Gasteiger partial charge in [0.2, 0.25) is 6.29 Å². The van der Waals surface area contributed by atoms with Crippen molar-refractivity contribution in [1.82, 2.24) is 0 Å². The van der Waals surface area contributed by atoms with E-state index in [-0.39, 0.29) is 0 Å². The van der Waals surface area contributed by atoms with Crippen molar-refractivity contribution in [2.24, 2.45) is 5.92 Å². The van der Waals surface area contributed by atoms with E-state index in [4.69, 9.17) is 9.47 Å². The Bertz CT molecular complexity index is 260. The predicted octanol–water partition coefficient (Wildman–Crippen LogP) is 1.55. The van der Waals surface area contributed by atoms with Gasteiger partial charge in [-0.25, -0.2) is 0 Å². The molecule has 0 amide bonds. The van der Waals surface area contributed by atoms with Crippen LogP contribution in [0.15, 0.2) is 24.0 Å². The molecule has 3 nitrogen and oxygen atoms in total. The van der Waals surface area contributed by atoms with Gasteiger partial charge in [0, 0.05) is 7.11 Å². The Morgan fingerprint density at radius 1 is 1.62 bits per heavy atom. The molecule has 0 aromatic rings. The topological polar surface area (TPSA) is 35.5 Å². The van der Waals surface area contributed by atoms with Crippen LogP contribution in [0.2, 0.25) is 0 Å². The number of rotatable bonds is 3.